The van der Waals surface area contributed by atoms with Crippen LogP contribution in [0, 0.1) is 12.7 Å². The fraction of sp³-hybridized carbons (Fsp3) is 0.130. The van der Waals surface area contributed by atoms with Crippen molar-refractivity contribution in [2.75, 3.05) is 16.0 Å². The number of rotatable bonds is 4. The molecule has 29 heavy (non-hydrogen) atoms. The predicted octanol–water partition coefficient (Wildman–Crippen LogP) is 5.17. The highest BCUT2D eigenvalue weighted by molar-refractivity contribution is 8.00. The zero-order valence-electron chi connectivity index (χ0n) is 15.8. The first kappa shape index (κ1) is 19.2. The van der Waals surface area contributed by atoms with E-state index in [1.165, 1.54) is 23.9 Å². The molecule has 0 aliphatic carbocycles. The van der Waals surface area contributed by atoms with Crippen molar-refractivity contribution < 1.29 is 14.0 Å². The quantitative estimate of drug-likeness (QED) is 0.651. The number of thioether (sulfide) groups is 1. The molecule has 1 saturated heterocycles. The van der Waals surface area contributed by atoms with Gasteiger partial charge in [0, 0.05) is 16.9 Å². The van der Waals surface area contributed by atoms with Crippen LogP contribution in [0.2, 0.25) is 0 Å². The summed E-state index contributed by atoms with van der Waals surface area (Å²) in [6.07, 6.45) is 0. The minimum absolute atomic E-state index is 0.0532. The third kappa shape index (κ3) is 4.03. The van der Waals surface area contributed by atoms with Crippen molar-refractivity contribution in [3.8, 4) is 0 Å². The van der Waals surface area contributed by atoms with Gasteiger partial charge in [-0.05, 0) is 54.4 Å². The Morgan fingerprint density at radius 1 is 1.07 bits per heavy atom. The number of carbonyl (C=O) groups excluding carboxylic acids is 2. The third-order valence-electron chi connectivity index (χ3n) is 4.80. The van der Waals surface area contributed by atoms with Gasteiger partial charge in [-0.25, -0.2) is 4.39 Å². The van der Waals surface area contributed by atoms with Crippen LogP contribution < -0.4 is 10.2 Å². The highest BCUT2D eigenvalue weighted by atomic mass is 32.2. The molecule has 0 saturated carbocycles. The van der Waals surface area contributed by atoms with Crippen LogP contribution in [0.4, 0.5) is 15.8 Å². The molecular weight excluding hydrogens is 387 g/mol. The predicted molar refractivity (Wildman–Crippen MR) is 115 cm³/mol. The van der Waals surface area contributed by atoms with Gasteiger partial charge in [0.2, 0.25) is 5.91 Å². The summed E-state index contributed by atoms with van der Waals surface area (Å²) in [7, 11) is 0. The average Bonchev–Trinajstić information content (AvgIpc) is 3.10. The van der Waals surface area contributed by atoms with E-state index in [1.54, 1.807) is 23.1 Å². The van der Waals surface area contributed by atoms with Crippen molar-refractivity contribution in [3.63, 3.8) is 0 Å². The summed E-state index contributed by atoms with van der Waals surface area (Å²) in [5.41, 5.74) is 3.67. The lowest BCUT2D eigenvalue weighted by atomic mass is 10.1. The van der Waals surface area contributed by atoms with Gasteiger partial charge in [-0.15, -0.1) is 11.8 Å². The molecule has 1 atom stereocenters. The summed E-state index contributed by atoms with van der Waals surface area (Å²) in [6, 6.07) is 20.9. The Morgan fingerprint density at radius 2 is 1.83 bits per heavy atom. The molecule has 0 spiro atoms. The van der Waals surface area contributed by atoms with Crippen LogP contribution in [0.25, 0.3) is 0 Å². The summed E-state index contributed by atoms with van der Waals surface area (Å²) in [5.74, 6) is -0.252. The largest absolute Gasteiger partial charge is 0.322 e. The van der Waals surface area contributed by atoms with Crippen molar-refractivity contribution in [3.05, 3.63) is 95.3 Å². The standard InChI is InChI=1S/C23H19FN2O2S/c1-15-5-2-3-8-20(15)22(28)25-18-11-9-16(10-12-18)23-26(21(27)14-29-23)19-7-4-6-17(24)13-19/h2-13,23H,14H2,1H3,(H,25,28)/t23-/m0/s1. The van der Waals surface area contributed by atoms with Crippen LogP contribution in [-0.2, 0) is 4.79 Å². The molecule has 0 unspecified atom stereocenters. The van der Waals surface area contributed by atoms with Crippen molar-refractivity contribution >= 4 is 35.0 Å². The number of nitrogens with zero attached hydrogens (tertiary/aromatic N) is 1. The number of hydrogen-bond donors (Lipinski definition) is 1. The molecule has 0 radical (unpaired) electrons. The van der Waals surface area contributed by atoms with Gasteiger partial charge in [0.1, 0.15) is 11.2 Å². The number of anilines is 2. The summed E-state index contributed by atoms with van der Waals surface area (Å²) < 4.78 is 13.6. The van der Waals surface area contributed by atoms with Crippen LogP contribution in [-0.4, -0.2) is 17.6 Å². The average molecular weight is 406 g/mol. The minimum Gasteiger partial charge on any atom is -0.322 e. The molecule has 3 aromatic carbocycles. The van der Waals surface area contributed by atoms with Gasteiger partial charge in [0.05, 0.1) is 5.75 Å². The highest BCUT2D eigenvalue weighted by Gasteiger charge is 2.34. The lowest BCUT2D eigenvalue weighted by molar-refractivity contribution is -0.115. The topological polar surface area (TPSA) is 49.4 Å². The summed E-state index contributed by atoms with van der Waals surface area (Å²) >= 11 is 1.50. The Balaban J connectivity index is 1.53. The van der Waals surface area contributed by atoms with Gasteiger partial charge >= 0.3 is 0 Å². The first-order chi connectivity index (χ1) is 14.0. The van der Waals surface area contributed by atoms with E-state index in [9.17, 15) is 14.0 Å². The number of aryl methyl sites for hydroxylation is 1. The van der Waals surface area contributed by atoms with Crippen molar-refractivity contribution in [2.24, 2.45) is 0 Å². The molecule has 0 aromatic heterocycles. The maximum atomic E-state index is 13.6. The number of benzene rings is 3. The normalized spacial score (nSPS) is 16.1. The third-order valence-corrected chi connectivity index (χ3v) is 6.01. The maximum Gasteiger partial charge on any atom is 0.255 e. The zero-order valence-corrected chi connectivity index (χ0v) is 16.6. The summed E-state index contributed by atoms with van der Waals surface area (Å²) in [4.78, 5) is 26.5. The molecule has 0 bridgehead atoms. The SMILES string of the molecule is Cc1ccccc1C(=O)Nc1ccc([C@@H]2SCC(=O)N2c2cccc(F)c2)cc1. The van der Waals surface area contributed by atoms with Crippen LogP contribution >= 0.6 is 11.8 Å². The van der Waals surface area contributed by atoms with Gasteiger partial charge in [0.25, 0.3) is 5.91 Å². The first-order valence-corrected chi connectivity index (χ1v) is 10.2. The molecule has 4 rings (SSSR count). The minimum atomic E-state index is -0.375. The molecule has 2 amide bonds. The Morgan fingerprint density at radius 3 is 2.55 bits per heavy atom. The first-order valence-electron chi connectivity index (χ1n) is 9.19. The van der Waals surface area contributed by atoms with E-state index in [1.807, 2.05) is 49.4 Å². The Kier molecular flexibility index (Phi) is 5.36. The summed E-state index contributed by atoms with van der Waals surface area (Å²) in [5, 5.41) is 2.67. The molecule has 1 fully saturated rings. The van der Waals surface area contributed by atoms with E-state index in [4.69, 9.17) is 0 Å². The number of amides is 2. The molecule has 146 valence electrons. The van der Waals surface area contributed by atoms with E-state index in [0.717, 1.165) is 11.1 Å². The van der Waals surface area contributed by atoms with Gasteiger partial charge in [-0.2, -0.15) is 0 Å². The number of carbonyl (C=O) groups is 2. The number of nitrogens with one attached hydrogen (secondary N) is 1. The van der Waals surface area contributed by atoms with Crippen LogP contribution in [0.1, 0.15) is 26.9 Å². The van der Waals surface area contributed by atoms with Crippen molar-refractivity contribution in [2.45, 2.75) is 12.3 Å². The Hall–Kier alpha value is -3.12. The molecule has 1 aliphatic rings. The number of hydrogen-bond acceptors (Lipinski definition) is 3. The van der Waals surface area contributed by atoms with E-state index < -0.39 is 0 Å². The molecular formula is C23H19FN2O2S. The maximum absolute atomic E-state index is 13.6. The Bertz CT molecular complexity index is 1070. The molecule has 1 aliphatic heterocycles. The van der Waals surface area contributed by atoms with Crippen molar-refractivity contribution in [1.29, 1.82) is 0 Å². The van der Waals surface area contributed by atoms with Crippen LogP contribution in [0.5, 0.6) is 0 Å². The van der Waals surface area contributed by atoms with Crippen LogP contribution in [0.3, 0.4) is 0 Å². The second kappa shape index (κ2) is 8.09. The molecule has 6 heteroatoms. The van der Waals surface area contributed by atoms with E-state index in [-0.39, 0.29) is 23.0 Å². The monoisotopic (exact) mass is 406 g/mol. The van der Waals surface area contributed by atoms with Gasteiger partial charge < -0.3 is 5.32 Å². The van der Waals surface area contributed by atoms with Gasteiger partial charge in [-0.3, -0.25) is 14.5 Å². The smallest absolute Gasteiger partial charge is 0.255 e. The fourth-order valence-electron chi connectivity index (χ4n) is 3.33. The van der Waals surface area contributed by atoms with E-state index in [2.05, 4.69) is 5.32 Å². The molecule has 1 N–H and O–H groups in total. The lowest BCUT2D eigenvalue weighted by Crippen LogP contribution is -2.27. The zero-order chi connectivity index (χ0) is 20.4. The molecule has 4 nitrogen and oxygen atoms in total. The molecule has 3 aromatic rings. The van der Waals surface area contributed by atoms with Crippen molar-refractivity contribution in [1.82, 2.24) is 0 Å². The number of halogens is 1. The van der Waals surface area contributed by atoms with E-state index in [0.29, 0.717) is 22.7 Å². The van der Waals surface area contributed by atoms with Crippen LogP contribution in [0.15, 0.2) is 72.8 Å². The second-order valence-electron chi connectivity index (χ2n) is 6.80. The highest BCUT2D eigenvalue weighted by Crippen LogP contribution is 2.42. The lowest BCUT2D eigenvalue weighted by Gasteiger charge is -2.24. The van der Waals surface area contributed by atoms with Gasteiger partial charge in [-0.1, -0.05) is 36.4 Å². The summed E-state index contributed by atoms with van der Waals surface area (Å²) in [6.45, 7) is 1.90. The Labute approximate surface area is 172 Å². The second-order valence-corrected chi connectivity index (χ2v) is 7.87. The molecule has 1 heterocycles. The fourth-order valence-corrected chi connectivity index (χ4v) is 4.51. The van der Waals surface area contributed by atoms with Gasteiger partial charge in [0.15, 0.2) is 0 Å². The van der Waals surface area contributed by atoms with E-state index >= 15 is 0 Å².